The van der Waals surface area contributed by atoms with E-state index in [2.05, 4.69) is 10.6 Å². The second-order valence-electron chi connectivity index (χ2n) is 4.99. The predicted molar refractivity (Wildman–Crippen MR) is 84.5 cm³/mol. The van der Waals surface area contributed by atoms with Gasteiger partial charge in [0, 0.05) is 26.2 Å². The van der Waals surface area contributed by atoms with Crippen molar-refractivity contribution in [1.29, 1.82) is 0 Å². The fourth-order valence-electron chi connectivity index (χ4n) is 2.33. The molecule has 2 amide bonds. The van der Waals surface area contributed by atoms with E-state index in [0.29, 0.717) is 19.6 Å². The average Bonchev–Trinajstić information content (AvgIpc) is 2.50. The van der Waals surface area contributed by atoms with Gasteiger partial charge in [-0.25, -0.2) is 4.39 Å². The lowest BCUT2D eigenvalue weighted by Crippen LogP contribution is -2.56. The van der Waals surface area contributed by atoms with Gasteiger partial charge in [0.15, 0.2) is 0 Å². The zero-order chi connectivity index (χ0) is 15.1. The van der Waals surface area contributed by atoms with E-state index < -0.39 is 12.7 Å². The van der Waals surface area contributed by atoms with Crippen molar-refractivity contribution >= 4 is 24.2 Å². The Morgan fingerprint density at radius 2 is 2.09 bits per heavy atom. The molecule has 1 aromatic carbocycles. The molecule has 1 unspecified atom stereocenters. The standard InChI is InChI=1S/C15H20FN3O2.ClH/c16-6-8-19-9-7-17-13(15(19)21)10-14(20)18-11-12-4-2-1-3-5-12;/h1-5,13,17H,6-11H2,(H,18,20);1H. The first-order chi connectivity index (χ1) is 10.2. The van der Waals surface area contributed by atoms with Crippen molar-refractivity contribution in [2.75, 3.05) is 26.3 Å². The molecular weight excluding hydrogens is 309 g/mol. The molecule has 2 rings (SSSR count). The van der Waals surface area contributed by atoms with Crippen LogP contribution in [0.15, 0.2) is 30.3 Å². The molecule has 0 bridgehead atoms. The van der Waals surface area contributed by atoms with E-state index in [4.69, 9.17) is 0 Å². The minimum Gasteiger partial charge on any atom is -0.352 e. The molecule has 2 N–H and O–H groups in total. The van der Waals surface area contributed by atoms with Crippen LogP contribution in [0.25, 0.3) is 0 Å². The summed E-state index contributed by atoms with van der Waals surface area (Å²) in [4.78, 5) is 25.4. The third kappa shape index (κ3) is 5.27. The third-order valence-electron chi connectivity index (χ3n) is 3.46. The Kier molecular flexibility index (Phi) is 7.84. The molecule has 0 spiro atoms. The molecule has 1 fully saturated rings. The Hall–Kier alpha value is -1.66. The zero-order valence-electron chi connectivity index (χ0n) is 12.3. The van der Waals surface area contributed by atoms with Gasteiger partial charge in [-0.3, -0.25) is 9.59 Å². The first kappa shape index (κ1) is 18.4. The van der Waals surface area contributed by atoms with Gasteiger partial charge in [0.05, 0.1) is 12.5 Å². The van der Waals surface area contributed by atoms with E-state index in [-0.39, 0.29) is 37.2 Å². The monoisotopic (exact) mass is 329 g/mol. The van der Waals surface area contributed by atoms with E-state index >= 15 is 0 Å². The summed E-state index contributed by atoms with van der Waals surface area (Å²) in [5, 5.41) is 5.80. The van der Waals surface area contributed by atoms with Crippen LogP contribution in [0.1, 0.15) is 12.0 Å². The molecule has 1 aliphatic heterocycles. The minimum atomic E-state index is -0.557. The molecule has 122 valence electrons. The molecule has 22 heavy (non-hydrogen) atoms. The lowest BCUT2D eigenvalue weighted by atomic mass is 10.1. The second kappa shape index (κ2) is 9.38. The van der Waals surface area contributed by atoms with Crippen molar-refractivity contribution in [2.45, 2.75) is 19.0 Å². The number of carbonyl (C=O) groups is 2. The largest absolute Gasteiger partial charge is 0.352 e. The van der Waals surface area contributed by atoms with E-state index in [1.165, 1.54) is 4.90 Å². The van der Waals surface area contributed by atoms with Crippen LogP contribution >= 0.6 is 12.4 Å². The first-order valence-corrected chi connectivity index (χ1v) is 7.09. The van der Waals surface area contributed by atoms with Crippen molar-refractivity contribution in [2.24, 2.45) is 0 Å². The van der Waals surface area contributed by atoms with Crippen LogP contribution in [-0.2, 0) is 16.1 Å². The Morgan fingerprint density at radius 3 is 2.77 bits per heavy atom. The number of benzene rings is 1. The maximum Gasteiger partial charge on any atom is 0.240 e. The molecule has 0 aliphatic carbocycles. The molecule has 7 heteroatoms. The van der Waals surface area contributed by atoms with E-state index in [1.54, 1.807) is 0 Å². The van der Waals surface area contributed by atoms with Crippen LogP contribution < -0.4 is 10.6 Å². The normalized spacial score (nSPS) is 17.8. The van der Waals surface area contributed by atoms with Gasteiger partial charge in [-0.15, -0.1) is 12.4 Å². The van der Waals surface area contributed by atoms with Gasteiger partial charge in [0.25, 0.3) is 0 Å². The number of carbonyl (C=O) groups excluding carboxylic acids is 2. The van der Waals surface area contributed by atoms with Gasteiger partial charge in [-0.1, -0.05) is 30.3 Å². The summed E-state index contributed by atoms with van der Waals surface area (Å²) in [6, 6.07) is 9.02. The number of nitrogens with zero attached hydrogens (tertiary/aromatic N) is 1. The highest BCUT2D eigenvalue weighted by molar-refractivity contribution is 5.88. The summed E-state index contributed by atoms with van der Waals surface area (Å²) in [6.07, 6.45) is 0.0778. The molecule has 1 aromatic rings. The summed E-state index contributed by atoms with van der Waals surface area (Å²) in [5.74, 6) is -0.388. The molecule has 0 aromatic heterocycles. The Bertz CT molecular complexity index is 485. The highest BCUT2D eigenvalue weighted by Crippen LogP contribution is 2.05. The maximum absolute atomic E-state index is 12.4. The number of rotatable bonds is 6. The van der Waals surface area contributed by atoms with Crippen LogP contribution in [0, 0.1) is 0 Å². The summed E-state index contributed by atoms with van der Waals surface area (Å²) in [7, 11) is 0. The number of amides is 2. The van der Waals surface area contributed by atoms with Crippen LogP contribution in [0.4, 0.5) is 4.39 Å². The van der Waals surface area contributed by atoms with Gasteiger partial charge in [-0.2, -0.15) is 0 Å². The number of hydrogen-bond acceptors (Lipinski definition) is 3. The number of halogens is 2. The molecule has 1 atom stereocenters. The van der Waals surface area contributed by atoms with Crippen molar-refractivity contribution in [3.63, 3.8) is 0 Å². The van der Waals surface area contributed by atoms with Crippen molar-refractivity contribution in [1.82, 2.24) is 15.5 Å². The van der Waals surface area contributed by atoms with Gasteiger partial charge >= 0.3 is 0 Å². The Labute approximate surface area is 135 Å². The lowest BCUT2D eigenvalue weighted by molar-refractivity contribution is -0.138. The van der Waals surface area contributed by atoms with Crippen molar-refractivity contribution in [3.8, 4) is 0 Å². The van der Waals surface area contributed by atoms with E-state index in [9.17, 15) is 14.0 Å². The molecule has 1 heterocycles. The van der Waals surface area contributed by atoms with Crippen LogP contribution in [0.2, 0.25) is 0 Å². The highest BCUT2D eigenvalue weighted by Gasteiger charge is 2.29. The van der Waals surface area contributed by atoms with Crippen LogP contribution in [-0.4, -0.2) is 49.1 Å². The maximum atomic E-state index is 12.4. The topological polar surface area (TPSA) is 61.4 Å². The molecule has 1 saturated heterocycles. The summed E-state index contributed by atoms with van der Waals surface area (Å²) in [5.41, 5.74) is 1.01. The second-order valence-corrected chi connectivity index (χ2v) is 4.99. The average molecular weight is 330 g/mol. The number of hydrogen-bond donors (Lipinski definition) is 2. The fraction of sp³-hybridized carbons (Fsp3) is 0.467. The van der Waals surface area contributed by atoms with Crippen molar-refractivity contribution < 1.29 is 14.0 Å². The van der Waals surface area contributed by atoms with E-state index in [1.807, 2.05) is 30.3 Å². The number of alkyl halides is 1. The fourth-order valence-corrected chi connectivity index (χ4v) is 2.33. The Morgan fingerprint density at radius 1 is 1.36 bits per heavy atom. The van der Waals surface area contributed by atoms with Crippen LogP contribution in [0.3, 0.4) is 0 Å². The summed E-state index contributed by atoms with van der Waals surface area (Å²) >= 11 is 0. The number of nitrogens with one attached hydrogen (secondary N) is 2. The quantitative estimate of drug-likeness (QED) is 0.814. The smallest absolute Gasteiger partial charge is 0.240 e. The third-order valence-corrected chi connectivity index (χ3v) is 3.46. The Balaban J connectivity index is 0.00000242. The molecule has 1 aliphatic rings. The molecule has 0 radical (unpaired) electrons. The molecular formula is C15H21ClFN3O2. The SMILES string of the molecule is Cl.O=C(CC1NCCN(CCF)C1=O)NCc1ccccc1. The van der Waals surface area contributed by atoms with Crippen LogP contribution in [0.5, 0.6) is 0 Å². The summed E-state index contributed by atoms with van der Waals surface area (Å²) < 4.78 is 12.4. The van der Waals surface area contributed by atoms with E-state index in [0.717, 1.165) is 5.56 Å². The molecule has 0 saturated carbocycles. The number of piperazine rings is 1. The van der Waals surface area contributed by atoms with Gasteiger partial charge < -0.3 is 15.5 Å². The van der Waals surface area contributed by atoms with Crippen molar-refractivity contribution in [3.05, 3.63) is 35.9 Å². The summed E-state index contributed by atoms with van der Waals surface area (Å²) in [6.45, 7) is 1.06. The first-order valence-electron chi connectivity index (χ1n) is 7.09. The zero-order valence-corrected chi connectivity index (χ0v) is 13.1. The van der Waals surface area contributed by atoms with Gasteiger partial charge in [-0.05, 0) is 5.56 Å². The van der Waals surface area contributed by atoms with Gasteiger partial charge in [0.1, 0.15) is 6.67 Å². The molecule has 5 nitrogen and oxygen atoms in total. The van der Waals surface area contributed by atoms with Gasteiger partial charge in [0.2, 0.25) is 11.8 Å². The minimum absolute atomic E-state index is 0. The predicted octanol–water partition coefficient (Wildman–Crippen LogP) is 0.885. The lowest BCUT2D eigenvalue weighted by Gasteiger charge is -2.32. The highest BCUT2D eigenvalue weighted by atomic mass is 35.5.